The summed E-state index contributed by atoms with van der Waals surface area (Å²) in [5, 5.41) is 9.61. The number of allylic oxidation sites excluding steroid dienone is 8. The third-order valence-corrected chi connectivity index (χ3v) is 9.88. The number of aliphatic hydroxyl groups is 1. The van der Waals surface area contributed by atoms with Gasteiger partial charge in [0.05, 0.1) is 13.2 Å². The molecular formula is C48H88O4. The molecule has 0 rings (SSSR count). The first-order valence-corrected chi connectivity index (χ1v) is 22.7. The zero-order valence-corrected chi connectivity index (χ0v) is 34.8. The Kier molecular flexibility index (Phi) is 44.1. The molecule has 304 valence electrons. The van der Waals surface area contributed by atoms with Crippen molar-refractivity contribution in [3.8, 4) is 0 Å². The van der Waals surface area contributed by atoms with E-state index in [0.29, 0.717) is 13.0 Å². The van der Waals surface area contributed by atoms with Gasteiger partial charge in [0.1, 0.15) is 6.10 Å². The average Bonchev–Trinajstić information content (AvgIpc) is 3.15. The summed E-state index contributed by atoms with van der Waals surface area (Å²) in [6, 6.07) is 0. The highest BCUT2D eigenvalue weighted by Crippen LogP contribution is 2.14. The molecular weight excluding hydrogens is 641 g/mol. The number of aliphatic hydroxyl groups excluding tert-OH is 1. The number of unbranched alkanes of at least 4 members (excludes halogenated alkanes) is 26. The highest BCUT2D eigenvalue weighted by Gasteiger charge is 2.13. The first-order valence-electron chi connectivity index (χ1n) is 22.7. The van der Waals surface area contributed by atoms with Gasteiger partial charge in [0, 0.05) is 13.0 Å². The van der Waals surface area contributed by atoms with Gasteiger partial charge < -0.3 is 14.6 Å². The van der Waals surface area contributed by atoms with Crippen LogP contribution in [0.2, 0.25) is 0 Å². The van der Waals surface area contributed by atoms with Crippen molar-refractivity contribution in [2.75, 3.05) is 19.8 Å². The van der Waals surface area contributed by atoms with Gasteiger partial charge in [-0.3, -0.25) is 4.79 Å². The quantitative estimate of drug-likeness (QED) is 0.0386. The molecule has 52 heavy (non-hydrogen) atoms. The van der Waals surface area contributed by atoms with Crippen LogP contribution in [0.4, 0.5) is 0 Å². The summed E-state index contributed by atoms with van der Waals surface area (Å²) in [5.74, 6) is -0.214. The zero-order chi connectivity index (χ0) is 37.7. The Morgan fingerprint density at radius 2 is 0.808 bits per heavy atom. The van der Waals surface area contributed by atoms with Crippen molar-refractivity contribution in [3.05, 3.63) is 48.6 Å². The van der Waals surface area contributed by atoms with Crippen LogP contribution in [-0.4, -0.2) is 37.0 Å². The Balaban J connectivity index is 3.43. The van der Waals surface area contributed by atoms with E-state index in [9.17, 15) is 9.90 Å². The first-order chi connectivity index (χ1) is 25.7. The molecule has 0 heterocycles. The normalized spacial score (nSPS) is 12.8. The monoisotopic (exact) mass is 729 g/mol. The minimum atomic E-state index is -0.543. The van der Waals surface area contributed by atoms with Gasteiger partial charge in [-0.15, -0.1) is 0 Å². The van der Waals surface area contributed by atoms with Crippen molar-refractivity contribution >= 4 is 5.97 Å². The molecule has 0 radical (unpaired) electrons. The van der Waals surface area contributed by atoms with E-state index in [1.54, 1.807) is 0 Å². The molecule has 0 fully saturated rings. The van der Waals surface area contributed by atoms with Crippen molar-refractivity contribution in [2.24, 2.45) is 0 Å². The molecule has 1 N–H and O–H groups in total. The lowest BCUT2D eigenvalue weighted by molar-refractivity contribution is -0.154. The molecule has 1 unspecified atom stereocenters. The Morgan fingerprint density at radius 3 is 1.21 bits per heavy atom. The largest absolute Gasteiger partial charge is 0.457 e. The smallest absolute Gasteiger partial charge is 0.306 e. The number of carbonyl (C=O) groups excluding carboxylic acids is 1. The molecule has 0 bridgehead atoms. The molecule has 1 atom stereocenters. The lowest BCUT2D eigenvalue weighted by Crippen LogP contribution is -2.27. The van der Waals surface area contributed by atoms with Crippen molar-refractivity contribution in [2.45, 2.75) is 232 Å². The Bertz CT molecular complexity index is 813. The maximum atomic E-state index is 12.2. The van der Waals surface area contributed by atoms with Crippen LogP contribution in [0, 0.1) is 0 Å². The third kappa shape index (κ3) is 42.8. The molecule has 4 nitrogen and oxygen atoms in total. The lowest BCUT2D eigenvalue weighted by atomic mass is 10.0. The van der Waals surface area contributed by atoms with Crippen LogP contribution < -0.4 is 0 Å². The summed E-state index contributed by atoms with van der Waals surface area (Å²) in [6.07, 6.45) is 58.9. The van der Waals surface area contributed by atoms with Crippen molar-refractivity contribution in [1.82, 2.24) is 0 Å². The molecule has 0 saturated heterocycles. The van der Waals surface area contributed by atoms with Crippen molar-refractivity contribution < 1.29 is 19.4 Å². The van der Waals surface area contributed by atoms with E-state index in [0.717, 1.165) is 44.9 Å². The number of ether oxygens (including phenoxy) is 2. The van der Waals surface area contributed by atoms with Gasteiger partial charge in [0.2, 0.25) is 0 Å². The van der Waals surface area contributed by atoms with E-state index in [1.807, 2.05) is 0 Å². The number of hydrogen-bond acceptors (Lipinski definition) is 4. The van der Waals surface area contributed by atoms with E-state index in [-0.39, 0.29) is 19.2 Å². The SMILES string of the molecule is CCCCCC/C=C\C/C=C\CCCCCCCC(=O)OC(CO)COCCCCCCCCCCCCCC/C=C\C/C=C\CCCCCCC. The van der Waals surface area contributed by atoms with Crippen LogP contribution in [0.1, 0.15) is 226 Å². The highest BCUT2D eigenvalue weighted by molar-refractivity contribution is 5.69. The summed E-state index contributed by atoms with van der Waals surface area (Å²) < 4.78 is 11.2. The number of esters is 1. The van der Waals surface area contributed by atoms with Gasteiger partial charge in [-0.25, -0.2) is 0 Å². The summed E-state index contributed by atoms with van der Waals surface area (Å²) in [4.78, 5) is 12.2. The van der Waals surface area contributed by atoms with Crippen LogP contribution in [0.25, 0.3) is 0 Å². The van der Waals surface area contributed by atoms with Crippen LogP contribution in [0.5, 0.6) is 0 Å². The molecule has 4 heteroatoms. The summed E-state index contributed by atoms with van der Waals surface area (Å²) in [5.41, 5.74) is 0. The molecule has 0 amide bonds. The van der Waals surface area contributed by atoms with Crippen LogP contribution in [0.3, 0.4) is 0 Å². The van der Waals surface area contributed by atoms with Crippen LogP contribution in [0.15, 0.2) is 48.6 Å². The van der Waals surface area contributed by atoms with Crippen LogP contribution in [-0.2, 0) is 14.3 Å². The van der Waals surface area contributed by atoms with E-state index >= 15 is 0 Å². The average molecular weight is 729 g/mol. The Hall–Kier alpha value is -1.65. The van der Waals surface area contributed by atoms with Gasteiger partial charge in [0.25, 0.3) is 0 Å². The number of hydrogen-bond donors (Lipinski definition) is 1. The molecule has 0 aromatic carbocycles. The van der Waals surface area contributed by atoms with E-state index in [4.69, 9.17) is 9.47 Å². The fourth-order valence-electron chi connectivity index (χ4n) is 6.45. The topological polar surface area (TPSA) is 55.8 Å². The predicted molar refractivity (Wildman–Crippen MR) is 228 cm³/mol. The van der Waals surface area contributed by atoms with Gasteiger partial charge in [-0.1, -0.05) is 191 Å². The van der Waals surface area contributed by atoms with Gasteiger partial charge in [-0.05, 0) is 77.0 Å². The fourth-order valence-corrected chi connectivity index (χ4v) is 6.45. The summed E-state index contributed by atoms with van der Waals surface area (Å²) >= 11 is 0. The Morgan fingerprint density at radius 1 is 0.462 bits per heavy atom. The number of rotatable bonds is 42. The van der Waals surface area contributed by atoms with Gasteiger partial charge >= 0.3 is 5.97 Å². The predicted octanol–water partition coefficient (Wildman–Crippen LogP) is 15.0. The molecule has 0 aliphatic heterocycles. The second kappa shape index (κ2) is 45.5. The fraction of sp³-hybridized carbons (Fsp3) is 0.812. The first kappa shape index (κ1) is 50.4. The minimum Gasteiger partial charge on any atom is -0.457 e. The molecule has 0 aliphatic carbocycles. The molecule has 0 aliphatic rings. The van der Waals surface area contributed by atoms with Gasteiger partial charge in [-0.2, -0.15) is 0 Å². The summed E-state index contributed by atoms with van der Waals surface area (Å²) in [6.45, 7) is 5.32. The van der Waals surface area contributed by atoms with E-state index in [1.165, 1.54) is 161 Å². The maximum absolute atomic E-state index is 12.2. The molecule has 0 saturated carbocycles. The zero-order valence-electron chi connectivity index (χ0n) is 34.8. The maximum Gasteiger partial charge on any atom is 0.306 e. The minimum absolute atomic E-state index is 0.178. The van der Waals surface area contributed by atoms with Crippen molar-refractivity contribution in [1.29, 1.82) is 0 Å². The summed E-state index contributed by atoms with van der Waals surface area (Å²) in [7, 11) is 0. The Labute approximate surface area is 324 Å². The van der Waals surface area contributed by atoms with E-state index in [2.05, 4.69) is 62.5 Å². The molecule has 0 aromatic rings. The standard InChI is InChI=1S/C48H88O4/c1-3-5-7-9-11-13-15-17-19-21-22-23-24-25-26-27-28-30-32-34-36-38-40-42-44-51-46-47(45-49)52-48(50)43-41-39-37-35-33-31-29-20-18-16-14-12-10-8-6-4-2/h14-17,20-22,29,47,49H,3-13,18-19,23-28,30-46H2,1-2H3/b16-14-,17-15-,22-21-,29-20-. The highest BCUT2D eigenvalue weighted by atomic mass is 16.6. The lowest BCUT2D eigenvalue weighted by Gasteiger charge is -2.15. The molecule has 0 spiro atoms. The van der Waals surface area contributed by atoms with Crippen LogP contribution >= 0.6 is 0 Å². The molecule has 0 aromatic heterocycles. The van der Waals surface area contributed by atoms with E-state index < -0.39 is 6.10 Å². The second-order valence-corrected chi connectivity index (χ2v) is 15.1. The number of carbonyl (C=O) groups is 1. The second-order valence-electron chi connectivity index (χ2n) is 15.1. The third-order valence-electron chi connectivity index (χ3n) is 9.88. The van der Waals surface area contributed by atoms with Gasteiger partial charge in [0.15, 0.2) is 0 Å². The van der Waals surface area contributed by atoms with Crippen molar-refractivity contribution in [3.63, 3.8) is 0 Å².